The Hall–Kier alpha value is -2.22. The molecule has 1 aromatic rings. The molecule has 2 atom stereocenters. The van der Waals surface area contributed by atoms with E-state index in [-0.39, 0.29) is 24.1 Å². The van der Waals surface area contributed by atoms with Gasteiger partial charge in [-0.3, -0.25) is 9.69 Å². The average Bonchev–Trinajstić information content (AvgIpc) is 2.51. The maximum atomic E-state index is 13.8. The Balaban J connectivity index is 1.92. The molecule has 1 aliphatic rings. The first kappa shape index (κ1) is 18.1. The number of rotatable bonds is 5. The van der Waals surface area contributed by atoms with E-state index >= 15 is 0 Å². The summed E-state index contributed by atoms with van der Waals surface area (Å²) >= 11 is 0. The van der Waals surface area contributed by atoms with Gasteiger partial charge in [-0.05, 0) is 38.4 Å². The molecule has 1 heterocycles. The summed E-state index contributed by atoms with van der Waals surface area (Å²) in [6, 6.07) is 2.16. The van der Waals surface area contributed by atoms with Crippen LogP contribution in [0.25, 0.3) is 0 Å². The van der Waals surface area contributed by atoms with Crippen molar-refractivity contribution >= 4 is 11.9 Å². The third-order valence-electron chi connectivity index (χ3n) is 4.05. The second kappa shape index (κ2) is 8.05. The molecule has 0 bridgehead atoms. The van der Waals surface area contributed by atoms with Crippen molar-refractivity contribution in [3.8, 4) is 0 Å². The van der Waals surface area contributed by atoms with Gasteiger partial charge >= 0.3 is 6.03 Å². The van der Waals surface area contributed by atoms with E-state index < -0.39 is 23.7 Å². The Morgan fingerprint density at radius 1 is 1.38 bits per heavy atom. The van der Waals surface area contributed by atoms with Crippen LogP contribution in [0.1, 0.15) is 25.3 Å². The number of benzene rings is 1. The van der Waals surface area contributed by atoms with Gasteiger partial charge in [0.1, 0.15) is 17.7 Å². The lowest BCUT2D eigenvalue weighted by atomic mass is 10.0. The molecule has 6 nitrogen and oxygen atoms in total. The first-order valence-electron chi connectivity index (χ1n) is 7.88. The molecule has 24 heavy (non-hydrogen) atoms. The Morgan fingerprint density at radius 3 is 2.67 bits per heavy atom. The minimum Gasteiger partial charge on any atom is -0.352 e. The molecule has 0 unspecified atom stereocenters. The number of hydrogen-bond donors (Lipinski definition) is 3. The number of carbonyl (C=O) groups is 2. The molecule has 3 amide bonds. The van der Waals surface area contributed by atoms with Gasteiger partial charge in [0, 0.05) is 24.7 Å². The Morgan fingerprint density at radius 2 is 2.04 bits per heavy atom. The molecule has 1 saturated heterocycles. The molecular weight excluding hydrogens is 318 g/mol. The molecular formula is C16H22F2N4O2. The molecule has 0 spiro atoms. The van der Waals surface area contributed by atoms with Crippen LogP contribution in [-0.2, 0) is 11.3 Å². The Kier molecular flexibility index (Phi) is 6.08. The number of hydrogen-bond acceptors (Lipinski definition) is 3. The van der Waals surface area contributed by atoms with Crippen molar-refractivity contribution in [2.45, 2.75) is 38.4 Å². The van der Waals surface area contributed by atoms with Crippen LogP contribution in [0.3, 0.4) is 0 Å². The fourth-order valence-electron chi connectivity index (χ4n) is 2.83. The highest BCUT2D eigenvalue weighted by Crippen LogP contribution is 2.18. The van der Waals surface area contributed by atoms with Crippen LogP contribution in [-0.4, -0.2) is 42.0 Å². The van der Waals surface area contributed by atoms with Crippen LogP contribution in [0, 0.1) is 11.6 Å². The van der Waals surface area contributed by atoms with Gasteiger partial charge in [-0.15, -0.1) is 0 Å². The van der Waals surface area contributed by atoms with E-state index in [0.717, 1.165) is 12.8 Å². The molecule has 1 fully saturated rings. The number of halogens is 2. The van der Waals surface area contributed by atoms with E-state index in [2.05, 4.69) is 10.6 Å². The molecule has 4 N–H and O–H groups in total. The quantitative estimate of drug-likeness (QED) is 0.750. The van der Waals surface area contributed by atoms with Crippen LogP contribution in [0.15, 0.2) is 18.2 Å². The summed E-state index contributed by atoms with van der Waals surface area (Å²) in [5.41, 5.74) is 5.03. The third kappa shape index (κ3) is 4.89. The molecule has 0 aromatic heterocycles. The number of urea groups is 1. The van der Waals surface area contributed by atoms with Crippen molar-refractivity contribution in [3.05, 3.63) is 35.4 Å². The van der Waals surface area contributed by atoms with Gasteiger partial charge in [-0.2, -0.15) is 0 Å². The predicted octanol–water partition coefficient (Wildman–Crippen LogP) is 1.10. The zero-order valence-electron chi connectivity index (χ0n) is 13.5. The van der Waals surface area contributed by atoms with Gasteiger partial charge in [-0.25, -0.2) is 13.6 Å². The number of piperidine rings is 1. The lowest BCUT2D eigenvalue weighted by Crippen LogP contribution is -2.53. The van der Waals surface area contributed by atoms with E-state index in [1.165, 1.54) is 25.1 Å². The maximum Gasteiger partial charge on any atom is 0.312 e. The number of nitrogens with zero attached hydrogens (tertiary/aromatic N) is 1. The number of nitrogens with one attached hydrogen (secondary N) is 2. The molecule has 8 heteroatoms. The molecule has 0 aliphatic carbocycles. The topological polar surface area (TPSA) is 87.5 Å². The summed E-state index contributed by atoms with van der Waals surface area (Å²) < 4.78 is 27.5. The normalized spacial score (nSPS) is 19.5. The summed E-state index contributed by atoms with van der Waals surface area (Å²) in [6.45, 7) is 2.88. The molecule has 2 rings (SSSR count). The maximum absolute atomic E-state index is 13.8. The highest BCUT2D eigenvalue weighted by Gasteiger charge is 2.25. The fourth-order valence-corrected chi connectivity index (χ4v) is 2.83. The minimum atomic E-state index is -0.766. The van der Waals surface area contributed by atoms with Gasteiger partial charge in [-0.1, -0.05) is 6.07 Å². The van der Waals surface area contributed by atoms with Crippen LogP contribution < -0.4 is 16.4 Å². The first-order valence-corrected chi connectivity index (χ1v) is 7.88. The first-order chi connectivity index (χ1) is 11.4. The zero-order chi connectivity index (χ0) is 17.7. The van der Waals surface area contributed by atoms with Crippen molar-refractivity contribution in [1.29, 1.82) is 0 Å². The van der Waals surface area contributed by atoms with E-state index in [1.807, 2.05) is 4.90 Å². The lowest BCUT2D eigenvalue weighted by molar-refractivity contribution is -0.123. The van der Waals surface area contributed by atoms with Gasteiger partial charge in [0.2, 0.25) is 5.91 Å². The Labute approximate surface area is 139 Å². The van der Waals surface area contributed by atoms with Crippen LogP contribution in [0.5, 0.6) is 0 Å². The van der Waals surface area contributed by atoms with Crippen molar-refractivity contribution in [1.82, 2.24) is 15.5 Å². The van der Waals surface area contributed by atoms with E-state index in [4.69, 9.17) is 5.73 Å². The molecule has 0 radical (unpaired) electrons. The number of carbonyl (C=O) groups excluding carboxylic acids is 2. The largest absolute Gasteiger partial charge is 0.352 e. The second-order valence-electron chi connectivity index (χ2n) is 6.01. The number of nitrogens with two attached hydrogens (primary N) is 1. The summed E-state index contributed by atoms with van der Waals surface area (Å²) in [6.07, 6.45) is 1.57. The van der Waals surface area contributed by atoms with Crippen LogP contribution >= 0.6 is 0 Å². The fraction of sp³-hybridized carbons (Fsp3) is 0.500. The summed E-state index contributed by atoms with van der Waals surface area (Å²) in [5.74, 6) is -1.47. The molecule has 132 valence electrons. The van der Waals surface area contributed by atoms with Crippen LogP contribution in [0.2, 0.25) is 0 Å². The van der Waals surface area contributed by atoms with Crippen molar-refractivity contribution in [2.75, 3.05) is 13.1 Å². The Bertz CT molecular complexity index is 591. The standard InChI is InChI=1S/C16H22F2N4O2/c1-10(20-16(19)24)15(23)21-11-4-3-7-22(8-11)9-12-13(17)5-2-6-14(12)18/h2,5-6,10-11H,3-4,7-9H2,1H3,(H,21,23)(H3,19,20,24)/t10-,11+/m1/s1. The molecule has 0 saturated carbocycles. The third-order valence-corrected chi connectivity index (χ3v) is 4.05. The highest BCUT2D eigenvalue weighted by atomic mass is 19.1. The van der Waals surface area contributed by atoms with E-state index in [9.17, 15) is 18.4 Å². The monoisotopic (exact) mass is 340 g/mol. The van der Waals surface area contributed by atoms with Crippen molar-refractivity contribution in [3.63, 3.8) is 0 Å². The smallest absolute Gasteiger partial charge is 0.312 e. The molecule has 1 aliphatic heterocycles. The second-order valence-corrected chi connectivity index (χ2v) is 6.01. The molecule has 1 aromatic carbocycles. The summed E-state index contributed by atoms with van der Waals surface area (Å²) in [4.78, 5) is 24.7. The zero-order valence-corrected chi connectivity index (χ0v) is 13.5. The van der Waals surface area contributed by atoms with Gasteiger partial charge in [0.05, 0.1) is 0 Å². The average molecular weight is 340 g/mol. The highest BCUT2D eigenvalue weighted by molar-refractivity contribution is 5.86. The summed E-state index contributed by atoms with van der Waals surface area (Å²) in [5, 5.41) is 5.14. The number of likely N-dealkylation sites (tertiary alicyclic amines) is 1. The van der Waals surface area contributed by atoms with E-state index in [1.54, 1.807) is 0 Å². The summed E-state index contributed by atoms with van der Waals surface area (Å²) in [7, 11) is 0. The SMILES string of the molecule is C[C@@H](NC(N)=O)C(=O)N[C@H]1CCCN(Cc2c(F)cccc2F)C1. The van der Waals surface area contributed by atoms with Crippen molar-refractivity contribution in [2.24, 2.45) is 5.73 Å². The van der Waals surface area contributed by atoms with Gasteiger partial charge in [0.15, 0.2) is 0 Å². The van der Waals surface area contributed by atoms with E-state index in [0.29, 0.717) is 13.1 Å². The number of primary amides is 1. The van der Waals surface area contributed by atoms with Gasteiger partial charge in [0.25, 0.3) is 0 Å². The van der Waals surface area contributed by atoms with Crippen LogP contribution in [0.4, 0.5) is 13.6 Å². The van der Waals surface area contributed by atoms with Crippen molar-refractivity contribution < 1.29 is 18.4 Å². The van der Waals surface area contributed by atoms with Gasteiger partial charge < -0.3 is 16.4 Å². The number of amides is 3. The predicted molar refractivity (Wildman–Crippen MR) is 85.0 cm³/mol. The minimum absolute atomic E-state index is 0.0354. The lowest BCUT2D eigenvalue weighted by Gasteiger charge is -2.33.